The van der Waals surface area contributed by atoms with E-state index >= 15 is 0 Å². The molecule has 0 spiro atoms. The highest BCUT2D eigenvalue weighted by atomic mass is 16.5. The Morgan fingerprint density at radius 1 is 1.00 bits per heavy atom. The van der Waals surface area contributed by atoms with Crippen LogP contribution >= 0.6 is 0 Å². The summed E-state index contributed by atoms with van der Waals surface area (Å²) >= 11 is 0. The maximum absolute atomic E-state index is 5.46. The van der Waals surface area contributed by atoms with Gasteiger partial charge in [0.25, 0.3) is 0 Å². The number of hydrogen-bond acceptors (Lipinski definition) is 5. The first-order valence-electron chi connectivity index (χ1n) is 12.4. The highest BCUT2D eigenvalue weighted by Crippen LogP contribution is 2.34. The van der Waals surface area contributed by atoms with Crippen molar-refractivity contribution >= 4 is 6.08 Å². The maximum Gasteiger partial charge on any atom is 0.250 e. The van der Waals surface area contributed by atoms with Crippen LogP contribution in [0.3, 0.4) is 0 Å². The van der Waals surface area contributed by atoms with E-state index in [4.69, 9.17) is 9.26 Å². The van der Waals surface area contributed by atoms with Gasteiger partial charge in [-0.05, 0) is 93.8 Å². The number of benzene rings is 2. The summed E-state index contributed by atoms with van der Waals surface area (Å²) in [5.41, 5.74) is 2.58. The van der Waals surface area contributed by atoms with Crippen LogP contribution < -0.4 is 4.74 Å². The Hall–Kier alpha value is -2.92. The molecule has 1 aliphatic rings. The minimum Gasteiger partial charge on any atom is -0.497 e. The summed E-state index contributed by atoms with van der Waals surface area (Å²) in [7, 11) is 6.15. The van der Waals surface area contributed by atoms with Crippen LogP contribution in [0.15, 0.2) is 65.2 Å². The van der Waals surface area contributed by atoms with Gasteiger partial charge in [0.15, 0.2) is 5.82 Å². The minimum absolute atomic E-state index is 0.588. The highest BCUT2D eigenvalue weighted by molar-refractivity contribution is 5.38. The van der Waals surface area contributed by atoms with E-state index < -0.39 is 0 Å². The average molecular weight is 460 g/mol. The second-order valence-electron chi connectivity index (χ2n) is 9.66. The molecule has 1 unspecified atom stereocenters. The highest BCUT2D eigenvalue weighted by Gasteiger charge is 2.28. The molecule has 180 valence electrons. The van der Waals surface area contributed by atoms with Crippen molar-refractivity contribution in [3.63, 3.8) is 0 Å². The van der Waals surface area contributed by atoms with E-state index in [9.17, 15) is 0 Å². The van der Waals surface area contributed by atoms with Crippen LogP contribution in [0.2, 0.25) is 0 Å². The Morgan fingerprint density at radius 3 is 2.41 bits per heavy atom. The van der Waals surface area contributed by atoms with Gasteiger partial charge in [0.1, 0.15) is 5.75 Å². The molecule has 0 bridgehead atoms. The summed E-state index contributed by atoms with van der Waals surface area (Å²) in [5.74, 6) is 3.51. The van der Waals surface area contributed by atoms with E-state index in [0.717, 1.165) is 23.7 Å². The molecular formula is C29H37N3O2. The summed E-state index contributed by atoms with van der Waals surface area (Å²) in [4.78, 5) is 6.99. The normalized spacial score (nSPS) is 19.5. The molecule has 2 aromatic carbocycles. The van der Waals surface area contributed by atoms with Crippen LogP contribution in [-0.2, 0) is 12.8 Å². The number of hydrogen-bond donors (Lipinski definition) is 0. The third-order valence-electron chi connectivity index (χ3n) is 7.11. The lowest BCUT2D eigenvalue weighted by atomic mass is 9.76. The molecule has 0 amide bonds. The van der Waals surface area contributed by atoms with Crippen LogP contribution in [0.1, 0.15) is 54.9 Å². The predicted molar refractivity (Wildman–Crippen MR) is 137 cm³/mol. The van der Waals surface area contributed by atoms with Gasteiger partial charge >= 0.3 is 0 Å². The molecule has 1 fully saturated rings. The van der Waals surface area contributed by atoms with Crippen molar-refractivity contribution in [3.8, 4) is 5.75 Å². The second kappa shape index (κ2) is 12.0. The predicted octanol–water partition coefficient (Wildman–Crippen LogP) is 6.05. The lowest BCUT2D eigenvalue weighted by Crippen LogP contribution is -2.37. The quantitative estimate of drug-likeness (QED) is 0.369. The SMILES string of the molecule is COc1ccc(Cc2noc(/C=C/C3CCC(C(CCc4ccccc4)N(C)C)CC3)n2)cc1. The molecule has 5 heteroatoms. The summed E-state index contributed by atoms with van der Waals surface area (Å²) in [6.45, 7) is 0. The number of allylic oxidation sites excluding steroid dienone is 1. The Balaban J connectivity index is 1.25. The molecule has 3 aromatic rings. The van der Waals surface area contributed by atoms with Gasteiger partial charge in [-0.3, -0.25) is 0 Å². The maximum atomic E-state index is 5.46. The Bertz CT molecular complexity index is 1020. The smallest absolute Gasteiger partial charge is 0.250 e. The van der Waals surface area contributed by atoms with Crippen LogP contribution in [0.25, 0.3) is 6.08 Å². The van der Waals surface area contributed by atoms with Gasteiger partial charge in [-0.1, -0.05) is 53.7 Å². The standard InChI is InChI=1S/C29H37N3O2/c1-32(2)27(19-13-22-7-5-4-6-8-22)25-15-9-23(10-16-25)14-20-29-30-28(31-34-29)21-24-11-17-26(33-3)18-12-24/h4-8,11-12,14,17-18,20,23,25,27H,9-10,13,15-16,19,21H2,1-3H3/b20-14+. The number of methoxy groups -OCH3 is 1. The van der Waals surface area contributed by atoms with E-state index in [1.807, 2.05) is 30.3 Å². The van der Waals surface area contributed by atoms with Crippen LogP contribution in [0.4, 0.5) is 0 Å². The number of aromatic nitrogens is 2. The molecular weight excluding hydrogens is 422 g/mol. The average Bonchev–Trinajstić information content (AvgIpc) is 3.32. The summed E-state index contributed by atoms with van der Waals surface area (Å²) in [5, 5.41) is 4.14. The largest absolute Gasteiger partial charge is 0.497 e. The zero-order valence-electron chi connectivity index (χ0n) is 20.7. The Labute approximate surface area is 203 Å². The minimum atomic E-state index is 0.588. The number of rotatable bonds is 10. The molecule has 1 heterocycles. The fraction of sp³-hybridized carbons (Fsp3) is 0.448. The first-order valence-corrected chi connectivity index (χ1v) is 12.4. The molecule has 34 heavy (non-hydrogen) atoms. The third-order valence-corrected chi connectivity index (χ3v) is 7.11. The van der Waals surface area contributed by atoms with Crippen molar-refractivity contribution in [2.24, 2.45) is 11.8 Å². The van der Waals surface area contributed by atoms with E-state index in [2.05, 4.69) is 65.5 Å². The third kappa shape index (κ3) is 6.80. The van der Waals surface area contributed by atoms with E-state index in [0.29, 0.717) is 30.1 Å². The van der Waals surface area contributed by atoms with Crippen molar-refractivity contribution in [2.75, 3.05) is 21.2 Å². The fourth-order valence-electron chi connectivity index (χ4n) is 5.15. The first-order chi connectivity index (χ1) is 16.6. The molecule has 0 saturated heterocycles. The van der Waals surface area contributed by atoms with E-state index in [1.54, 1.807) is 7.11 Å². The number of nitrogens with zero attached hydrogens (tertiary/aromatic N) is 3. The van der Waals surface area contributed by atoms with Gasteiger partial charge in [-0.15, -0.1) is 0 Å². The number of aryl methyl sites for hydroxylation is 1. The van der Waals surface area contributed by atoms with Gasteiger partial charge in [0.2, 0.25) is 5.89 Å². The second-order valence-corrected chi connectivity index (χ2v) is 9.66. The fourth-order valence-corrected chi connectivity index (χ4v) is 5.15. The van der Waals surface area contributed by atoms with Crippen molar-refractivity contribution in [2.45, 2.75) is 51.0 Å². The molecule has 5 nitrogen and oxygen atoms in total. The van der Waals surface area contributed by atoms with Gasteiger partial charge in [-0.25, -0.2) is 0 Å². The monoisotopic (exact) mass is 459 g/mol. The van der Waals surface area contributed by atoms with E-state index in [1.165, 1.54) is 37.7 Å². The van der Waals surface area contributed by atoms with Gasteiger partial charge in [0, 0.05) is 12.5 Å². The van der Waals surface area contributed by atoms with Gasteiger partial charge < -0.3 is 14.2 Å². The molecule has 0 aliphatic heterocycles. The summed E-state index contributed by atoms with van der Waals surface area (Å²) in [6, 6.07) is 19.5. The van der Waals surface area contributed by atoms with Crippen molar-refractivity contribution in [1.82, 2.24) is 15.0 Å². The topological polar surface area (TPSA) is 51.4 Å². The first kappa shape index (κ1) is 24.2. The van der Waals surface area contributed by atoms with Crippen LogP contribution in [0, 0.1) is 11.8 Å². The molecule has 1 saturated carbocycles. The summed E-state index contributed by atoms with van der Waals surface area (Å²) < 4.78 is 10.7. The van der Waals surface area contributed by atoms with Crippen LogP contribution in [0.5, 0.6) is 5.75 Å². The van der Waals surface area contributed by atoms with Gasteiger partial charge in [0.05, 0.1) is 7.11 Å². The lowest BCUT2D eigenvalue weighted by molar-refractivity contribution is 0.150. The molecule has 1 atom stereocenters. The molecule has 0 N–H and O–H groups in total. The van der Waals surface area contributed by atoms with Crippen molar-refractivity contribution in [1.29, 1.82) is 0 Å². The van der Waals surface area contributed by atoms with Crippen molar-refractivity contribution in [3.05, 3.63) is 83.5 Å². The van der Waals surface area contributed by atoms with E-state index in [-0.39, 0.29) is 0 Å². The zero-order valence-corrected chi connectivity index (χ0v) is 20.7. The Morgan fingerprint density at radius 2 is 1.74 bits per heavy atom. The van der Waals surface area contributed by atoms with Gasteiger partial charge in [-0.2, -0.15) is 4.98 Å². The van der Waals surface area contributed by atoms with Crippen molar-refractivity contribution < 1.29 is 9.26 Å². The summed E-state index contributed by atoms with van der Waals surface area (Å²) in [6.07, 6.45) is 12.3. The Kier molecular flexibility index (Phi) is 8.53. The molecule has 4 rings (SSSR count). The lowest BCUT2D eigenvalue weighted by Gasteiger charge is -2.37. The molecule has 1 aliphatic carbocycles. The molecule has 0 radical (unpaired) electrons. The number of ether oxygens (including phenoxy) is 1. The van der Waals surface area contributed by atoms with Crippen LogP contribution in [-0.4, -0.2) is 42.3 Å². The zero-order chi connectivity index (χ0) is 23.8. The molecule has 1 aromatic heterocycles.